The van der Waals surface area contributed by atoms with Crippen LogP contribution < -0.4 is 16.4 Å². The van der Waals surface area contributed by atoms with Gasteiger partial charge in [0.15, 0.2) is 0 Å². The van der Waals surface area contributed by atoms with E-state index in [1.807, 2.05) is 6.07 Å². The maximum atomic E-state index is 11.8. The van der Waals surface area contributed by atoms with Gasteiger partial charge in [0, 0.05) is 12.6 Å². The lowest BCUT2D eigenvalue weighted by atomic mass is 10.2. The molecule has 5 heteroatoms. The van der Waals surface area contributed by atoms with Gasteiger partial charge in [0.2, 0.25) is 0 Å². The predicted molar refractivity (Wildman–Crippen MR) is 77.1 cm³/mol. The third-order valence-electron chi connectivity index (χ3n) is 3.08. The molecular formula is C13H19N3OS. The van der Waals surface area contributed by atoms with Crippen LogP contribution in [0.2, 0.25) is 0 Å². The summed E-state index contributed by atoms with van der Waals surface area (Å²) in [7, 11) is 0. The van der Waals surface area contributed by atoms with Crippen molar-refractivity contribution in [2.24, 2.45) is 0 Å². The van der Waals surface area contributed by atoms with Crippen LogP contribution in [0.4, 0.5) is 10.7 Å². The Bertz CT molecular complexity index is 435. The number of carbonyl (C=O) groups excluding carboxylic acids is 1. The number of nitrogens with two attached hydrogens (primary N) is 1. The van der Waals surface area contributed by atoms with Gasteiger partial charge in [-0.25, -0.2) is 0 Å². The standard InChI is InChI=1S/C13H19N3OS/c1-2-7-15-13(17)12-10(14)8-11(18-12)16-9-5-3-4-6-9/h2,8-9,16H,1,3-7,14H2,(H,15,17). The topological polar surface area (TPSA) is 67.2 Å². The molecule has 0 aliphatic heterocycles. The molecular weight excluding hydrogens is 246 g/mol. The summed E-state index contributed by atoms with van der Waals surface area (Å²) in [5, 5.41) is 7.18. The van der Waals surface area contributed by atoms with Crippen molar-refractivity contribution in [2.45, 2.75) is 31.7 Å². The molecule has 1 aromatic rings. The van der Waals surface area contributed by atoms with Gasteiger partial charge in [-0.1, -0.05) is 18.9 Å². The molecule has 0 radical (unpaired) electrons. The average Bonchev–Trinajstić information content (AvgIpc) is 2.96. The van der Waals surface area contributed by atoms with E-state index in [2.05, 4.69) is 17.2 Å². The third-order valence-corrected chi connectivity index (χ3v) is 4.16. The highest BCUT2D eigenvalue weighted by atomic mass is 32.1. The Morgan fingerprint density at radius 2 is 2.28 bits per heavy atom. The van der Waals surface area contributed by atoms with Gasteiger partial charge in [-0.05, 0) is 18.9 Å². The van der Waals surface area contributed by atoms with Gasteiger partial charge >= 0.3 is 0 Å². The smallest absolute Gasteiger partial charge is 0.263 e. The molecule has 1 aliphatic rings. The number of hydrogen-bond donors (Lipinski definition) is 3. The molecule has 0 bridgehead atoms. The first-order valence-electron chi connectivity index (χ1n) is 6.25. The maximum absolute atomic E-state index is 11.8. The molecule has 0 unspecified atom stereocenters. The number of thiophene rings is 1. The SMILES string of the molecule is C=CCNC(=O)c1sc(NC2CCCC2)cc1N. The summed E-state index contributed by atoms with van der Waals surface area (Å²) in [6, 6.07) is 2.39. The summed E-state index contributed by atoms with van der Waals surface area (Å²) in [6.07, 6.45) is 6.63. The van der Waals surface area contributed by atoms with E-state index >= 15 is 0 Å². The van der Waals surface area contributed by atoms with Crippen molar-refractivity contribution in [3.05, 3.63) is 23.6 Å². The second-order valence-corrected chi connectivity index (χ2v) is 5.57. The number of rotatable bonds is 5. The van der Waals surface area contributed by atoms with Crippen LogP contribution in [0.1, 0.15) is 35.4 Å². The maximum Gasteiger partial charge on any atom is 0.263 e. The average molecular weight is 265 g/mol. The number of hydrogen-bond acceptors (Lipinski definition) is 4. The second kappa shape index (κ2) is 5.91. The van der Waals surface area contributed by atoms with Crippen molar-refractivity contribution in [3.8, 4) is 0 Å². The quantitative estimate of drug-likeness (QED) is 0.717. The summed E-state index contributed by atoms with van der Waals surface area (Å²) < 4.78 is 0. The van der Waals surface area contributed by atoms with Crippen LogP contribution in [0, 0.1) is 0 Å². The van der Waals surface area contributed by atoms with E-state index < -0.39 is 0 Å². The fraction of sp³-hybridized carbons (Fsp3) is 0.462. The Labute approximate surface area is 111 Å². The second-order valence-electron chi connectivity index (χ2n) is 4.52. The zero-order valence-corrected chi connectivity index (χ0v) is 11.2. The Hall–Kier alpha value is -1.49. The first-order chi connectivity index (χ1) is 8.70. The minimum atomic E-state index is -0.128. The van der Waals surface area contributed by atoms with Crippen molar-refractivity contribution in [1.82, 2.24) is 5.32 Å². The van der Waals surface area contributed by atoms with Gasteiger partial charge in [0.05, 0.1) is 10.7 Å². The lowest BCUT2D eigenvalue weighted by molar-refractivity contribution is 0.0963. The first kappa shape index (κ1) is 13.0. The van der Waals surface area contributed by atoms with Crippen LogP contribution in [0.25, 0.3) is 0 Å². The molecule has 1 heterocycles. The monoisotopic (exact) mass is 265 g/mol. The van der Waals surface area contributed by atoms with Crippen molar-refractivity contribution >= 4 is 27.9 Å². The molecule has 0 saturated heterocycles. The molecule has 0 aromatic carbocycles. The highest BCUT2D eigenvalue weighted by molar-refractivity contribution is 7.18. The molecule has 18 heavy (non-hydrogen) atoms. The van der Waals surface area contributed by atoms with E-state index in [0.717, 1.165) is 5.00 Å². The molecule has 4 N–H and O–H groups in total. The van der Waals surface area contributed by atoms with Crippen LogP contribution >= 0.6 is 11.3 Å². The van der Waals surface area contributed by atoms with E-state index in [9.17, 15) is 4.79 Å². The molecule has 1 aliphatic carbocycles. The minimum Gasteiger partial charge on any atom is -0.397 e. The van der Waals surface area contributed by atoms with Crippen molar-refractivity contribution < 1.29 is 4.79 Å². The predicted octanol–water partition coefficient (Wildman–Crippen LogP) is 2.60. The number of amides is 1. The molecule has 1 amide bonds. The Balaban J connectivity index is 2.01. The van der Waals surface area contributed by atoms with E-state index in [1.54, 1.807) is 6.08 Å². The first-order valence-corrected chi connectivity index (χ1v) is 7.07. The van der Waals surface area contributed by atoms with Crippen molar-refractivity contribution in [3.63, 3.8) is 0 Å². The normalized spacial score (nSPS) is 15.6. The van der Waals surface area contributed by atoms with E-state index in [4.69, 9.17) is 5.73 Å². The van der Waals surface area contributed by atoms with Gasteiger partial charge in [0.25, 0.3) is 5.91 Å². The summed E-state index contributed by atoms with van der Waals surface area (Å²) in [5.74, 6) is -0.128. The summed E-state index contributed by atoms with van der Waals surface area (Å²) >= 11 is 1.42. The zero-order valence-electron chi connectivity index (χ0n) is 10.4. The molecule has 1 aromatic heterocycles. The van der Waals surface area contributed by atoms with Crippen molar-refractivity contribution in [2.75, 3.05) is 17.6 Å². The van der Waals surface area contributed by atoms with Gasteiger partial charge in [0.1, 0.15) is 4.88 Å². The van der Waals surface area contributed by atoms with Crippen LogP contribution in [0.5, 0.6) is 0 Å². The molecule has 1 fully saturated rings. The van der Waals surface area contributed by atoms with E-state index in [-0.39, 0.29) is 5.91 Å². The Morgan fingerprint density at radius 1 is 1.56 bits per heavy atom. The molecule has 98 valence electrons. The fourth-order valence-corrected chi connectivity index (χ4v) is 3.14. The molecule has 0 spiro atoms. The molecule has 0 atom stereocenters. The molecule has 4 nitrogen and oxygen atoms in total. The lowest BCUT2D eigenvalue weighted by Crippen LogP contribution is -2.22. The lowest BCUT2D eigenvalue weighted by Gasteiger charge is -2.10. The number of nitrogen functional groups attached to an aromatic ring is 1. The summed E-state index contributed by atoms with van der Waals surface area (Å²) in [5.41, 5.74) is 6.42. The Morgan fingerprint density at radius 3 is 2.94 bits per heavy atom. The van der Waals surface area contributed by atoms with Crippen LogP contribution in [-0.2, 0) is 0 Å². The summed E-state index contributed by atoms with van der Waals surface area (Å²) in [6.45, 7) is 4.03. The highest BCUT2D eigenvalue weighted by Crippen LogP contribution is 2.31. The van der Waals surface area contributed by atoms with E-state index in [1.165, 1.54) is 37.0 Å². The molecule has 1 saturated carbocycles. The van der Waals surface area contributed by atoms with Crippen LogP contribution in [0.15, 0.2) is 18.7 Å². The largest absolute Gasteiger partial charge is 0.397 e. The van der Waals surface area contributed by atoms with Gasteiger partial charge in [-0.3, -0.25) is 4.79 Å². The third kappa shape index (κ3) is 3.04. The number of anilines is 2. The van der Waals surface area contributed by atoms with Gasteiger partial charge < -0.3 is 16.4 Å². The van der Waals surface area contributed by atoms with Gasteiger partial charge in [-0.15, -0.1) is 17.9 Å². The summed E-state index contributed by atoms with van der Waals surface area (Å²) in [4.78, 5) is 12.4. The van der Waals surface area contributed by atoms with Crippen LogP contribution in [-0.4, -0.2) is 18.5 Å². The van der Waals surface area contributed by atoms with Crippen LogP contribution in [0.3, 0.4) is 0 Å². The minimum absolute atomic E-state index is 0.128. The Kier molecular flexibility index (Phi) is 4.25. The number of nitrogens with one attached hydrogen (secondary N) is 2. The van der Waals surface area contributed by atoms with Gasteiger partial charge in [-0.2, -0.15) is 0 Å². The zero-order chi connectivity index (χ0) is 13.0. The molecule has 2 rings (SSSR count). The van der Waals surface area contributed by atoms with Crippen molar-refractivity contribution in [1.29, 1.82) is 0 Å². The number of carbonyl (C=O) groups is 1. The highest BCUT2D eigenvalue weighted by Gasteiger charge is 2.18. The fourth-order valence-electron chi connectivity index (χ4n) is 2.17. The van der Waals surface area contributed by atoms with E-state index in [0.29, 0.717) is 23.2 Å².